The monoisotopic (exact) mass is 354 g/mol. The molecule has 0 spiro atoms. The fraction of sp³-hybridized carbons (Fsp3) is 0.278. The van der Waals surface area contributed by atoms with E-state index in [1.54, 1.807) is 4.68 Å². The summed E-state index contributed by atoms with van der Waals surface area (Å²) in [5.41, 5.74) is 4.80. The van der Waals surface area contributed by atoms with E-state index < -0.39 is 6.10 Å². The summed E-state index contributed by atoms with van der Waals surface area (Å²) in [5.74, 6) is -0.184. The van der Waals surface area contributed by atoms with E-state index in [4.69, 9.17) is 4.74 Å². The zero-order valence-electron chi connectivity index (χ0n) is 14.0. The van der Waals surface area contributed by atoms with Crippen LogP contribution in [0.1, 0.15) is 22.9 Å². The van der Waals surface area contributed by atoms with Gasteiger partial charge in [-0.2, -0.15) is 5.10 Å². The van der Waals surface area contributed by atoms with Crippen LogP contribution in [0.5, 0.6) is 0 Å². The van der Waals surface area contributed by atoms with E-state index in [1.807, 2.05) is 49.8 Å². The van der Waals surface area contributed by atoms with Crippen LogP contribution in [0, 0.1) is 6.92 Å². The highest BCUT2D eigenvalue weighted by Crippen LogP contribution is 2.30. The highest BCUT2D eigenvalue weighted by molar-refractivity contribution is 7.14. The molecule has 7 heteroatoms. The highest BCUT2D eigenvalue weighted by atomic mass is 32.1. The van der Waals surface area contributed by atoms with Crippen LogP contribution in [-0.2, 0) is 23.0 Å². The van der Waals surface area contributed by atoms with Crippen molar-refractivity contribution in [3.05, 3.63) is 52.7 Å². The number of aryl methyl sites for hydroxylation is 2. The van der Waals surface area contributed by atoms with Crippen LogP contribution < -0.4 is 5.32 Å². The van der Waals surface area contributed by atoms with Crippen LogP contribution in [0.3, 0.4) is 0 Å². The average molecular weight is 354 g/mol. The Labute approximate surface area is 149 Å². The van der Waals surface area contributed by atoms with Crippen molar-refractivity contribution in [2.75, 3.05) is 11.9 Å². The molecule has 3 aromatic rings. The zero-order valence-corrected chi connectivity index (χ0v) is 14.8. The van der Waals surface area contributed by atoms with E-state index >= 15 is 0 Å². The number of aromatic nitrogens is 3. The molecule has 2 aromatic heterocycles. The van der Waals surface area contributed by atoms with Crippen molar-refractivity contribution in [3.8, 4) is 11.3 Å². The summed E-state index contributed by atoms with van der Waals surface area (Å²) in [6, 6.07) is 7.92. The van der Waals surface area contributed by atoms with Gasteiger partial charge in [-0.1, -0.05) is 24.3 Å². The van der Waals surface area contributed by atoms with Crippen LogP contribution in [0.2, 0.25) is 0 Å². The first-order valence-electron chi connectivity index (χ1n) is 8.08. The van der Waals surface area contributed by atoms with E-state index in [0.717, 1.165) is 28.9 Å². The fourth-order valence-electron chi connectivity index (χ4n) is 3.09. The predicted octanol–water partition coefficient (Wildman–Crippen LogP) is 3.10. The molecule has 0 fully saturated rings. The molecule has 1 N–H and O–H groups in total. The van der Waals surface area contributed by atoms with Gasteiger partial charge in [0.15, 0.2) is 11.2 Å². The molecule has 1 atom stereocenters. The number of amides is 1. The summed E-state index contributed by atoms with van der Waals surface area (Å²) in [7, 11) is 1.88. The molecule has 4 rings (SSSR count). The van der Waals surface area contributed by atoms with Crippen LogP contribution >= 0.6 is 11.3 Å². The van der Waals surface area contributed by atoms with Crippen LogP contribution in [-0.4, -0.2) is 27.3 Å². The Morgan fingerprint density at radius 3 is 3.04 bits per heavy atom. The minimum absolute atomic E-state index is 0.184. The number of benzene rings is 1. The quantitative estimate of drug-likeness (QED) is 0.785. The SMILES string of the molecule is Cc1nn(C)cc1-c1csc(NC(=O)C2OCCc3ccccc32)n1. The van der Waals surface area contributed by atoms with Gasteiger partial charge in [-0.25, -0.2) is 4.98 Å². The largest absolute Gasteiger partial charge is 0.363 e. The number of nitrogens with zero attached hydrogens (tertiary/aromatic N) is 3. The van der Waals surface area contributed by atoms with Gasteiger partial charge in [-0.3, -0.25) is 14.8 Å². The number of carbonyl (C=O) groups excluding carboxylic acids is 1. The zero-order chi connectivity index (χ0) is 17.4. The summed E-state index contributed by atoms with van der Waals surface area (Å²) < 4.78 is 7.46. The van der Waals surface area contributed by atoms with E-state index in [2.05, 4.69) is 15.4 Å². The first kappa shape index (κ1) is 16.0. The van der Waals surface area contributed by atoms with E-state index in [1.165, 1.54) is 16.9 Å². The van der Waals surface area contributed by atoms with Gasteiger partial charge in [0.05, 0.1) is 18.0 Å². The predicted molar refractivity (Wildman–Crippen MR) is 96.5 cm³/mol. The molecule has 0 saturated carbocycles. The normalized spacial score (nSPS) is 16.5. The second kappa shape index (κ2) is 6.42. The third-order valence-electron chi connectivity index (χ3n) is 4.26. The number of nitrogens with one attached hydrogen (secondary N) is 1. The standard InChI is InChI=1S/C18H18N4O2S/c1-11-14(9-22(2)21-11)15-10-25-18(19-15)20-17(23)16-13-6-4-3-5-12(13)7-8-24-16/h3-6,9-10,16H,7-8H2,1-2H3,(H,19,20,23). The molecule has 1 unspecified atom stereocenters. The van der Waals surface area contributed by atoms with E-state index in [-0.39, 0.29) is 5.91 Å². The first-order valence-corrected chi connectivity index (χ1v) is 8.96. The molecule has 1 aliphatic rings. The minimum atomic E-state index is -0.586. The maximum absolute atomic E-state index is 12.7. The molecular weight excluding hydrogens is 336 g/mol. The molecule has 0 saturated heterocycles. The van der Waals surface area contributed by atoms with Gasteiger partial charge in [0.2, 0.25) is 0 Å². The third-order valence-corrected chi connectivity index (χ3v) is 5.01. The number of ether oxygens (including phenoxy) is 1. The Balaban J connectivity index is 1.54. The second-order valence-electron chi connectivity index (χ2n) is 6.03. The van der Waals surface area contributed by atoms with Gasteiger partial charge in [0, 0.05) is 24.2 Å². The number of thiazole rings is 1. The number of carbonyl (C=O) groups is 1. The summed E-state index contributed by atoms with van der Waals surface area (Å²) in [4.78, 5) is 17.2. The van der Waals surface area contributed by atoms with Gasteiger partial charge in [-0.15, -0.1) is 11.3 Å². The molecule has 0 bridgehead atoms. The van der Waals surface area contributed by atoms with Crippen molar-refractivity contribution in [3.63, 3.8) is 0 Å². The van der Waals surface area contributed by atoms with Crippen molar-refractivity contribution in [1.82, 2.24) is 14.8 Å². The smallest absolute Gasteiger partial charge is 0.259 e. The number of hydrogen-bond donors (Lipinski definition) is 1. The summed E-state index contributed by atoms with van der Waals surface area (Å²) >= 11 is 1.40. The molecule has 6 nitrogen and oxygen atoms in total. The Kier molecular flexibility index (Phi) is 4.10. The van der Waals surface area contributed by atoms with E-state index in [0.29, 0.717) is 11.7 Å². The summed E-state index contributed by atoms with van der Waals surface area (Å²) in [5, 5.41) is 9.71. The number of fused-ring (bicyclic) bond motifs is 1. The molecule has 1 aromatic carbocycles. The molecule has 3 heterocycles. The second-order valence-corrected chi connectivity index (χ2v) is 6.89. The fourth-order valence-corrected chi connectivity index (χ4v) is 3.80. The van der Waals surface area contributed by atoms with Crippen LogP contribution in [0.4, 0.5) is 5.13 Å². The van der Waals surface area contributed by atoms with E-state index in [9.17, 15) is 4.79 Å². The van der Waals surface area contributed by atoms with Gasteiger partial charge in [0.25, 0.3) is 5.91 Å². The third kappa shape index (κ3) is 3.08. The van der Waals surface area contributed by atoms with Crippen molar-refractivity contribution in [2.45, 2.75) is 19.4 Å². The topological polar surface area (TPSA) is 69.0 Å². The lowest BCUT2D eigenvalue weighted by molar-refractivity contribution is -0.128. The van der Waals surface area contributed by atoms with Crippen molar-refractivity contribution in [1.29, 1.82) is 0 Å². The van der Waals surface area contributed by atoms with Gasteiger partial charge in [0.1, 0.15) is 0 Å². The Morgan fingerprint density at radius 1 is 1.40 bits per heavy atom. The minimum Gasteiger partial charge on any atom is -0.363 e. The molecule has 128 valence electrons. The summed E-state index contributed by atoms with van der Waals surface area (Å²) in [6.07, 6.45) is 2.18. The van der Waals surface area contributed by atoms with Gasteiger partial charge < -0.3 is 4.74 Å². The molecule has 1 aliphatic heterocycles. The molecule has 1 amide bonds. The number of hydrogen-bond acceptors (Lipinski definition) is 5. The Hall–Kier alpha value is -2.51. The first-order chi connectivity index (χ1) is 12.1. The summed E-state index contributed by atoms with van der Waals surface area (Å²) in [6.45, 7) is 2.49. The van der Waals surface area contributed by atoms with Crippen molar-refractivity contribution < 1.29 is 9.53 Å². The lowest BCUT2D eigenvalue weighted by atomic mass is 9.97. The molecule has 25 heavy (non-hydrogen) atoms. The maximum Gasteiger partial charge on any atom is 0.259 e. The lowest BCUT2D eigenvalue weighted by Gasteiger charge is -2.24. The average Bonchev–Trinajstić information content (AvgIpc) is 3.20. The van der Waals surface area contributed by atoms with Gasteiger partial charge in [-0.05, 0) is 24.5 Å². The Morgan fingerprint density at radius 2 is 2.24 bits per heavy atom. The highest BCUT2D eigenvalue weighted by Gasteiger charge is 2.27. The lowest BCUT2D eigenvalue weighted by Crippen LogP contribution is -2.28. The van der Waals surface area contributed by atoms with Crippen molar-refractivity contribution in [2.24, 2.45) is 7.05 Å². The van der Waals surface area contributed by atoms with Crippen molar-refractivity contribution >= 4 is 22.4 Å². The Bertz CT molecular complexity index is 931. The molecular formula is C18H18N4O2S. The van der Waals surface area contributed by atoms with Gasteiger partial charge >= 0.3 is 0 Å². The maximum atomic E-state index is 12.7. The van der Waals surface area contributed by atoms with Crippen LogP contribution in [0.15, 0.2) is 35.8 Å². The number of anilines is 1. The molecule has 0 radical (unpaired) electrons. The molecule has 0 aliphatic carbocycles. The number of rotatable bonds is 3. The van der Waals surface area contributed by atoms with Crippen LogP contribution in [0.25, 0.3) is 11.3 Å².